The lowest BCUT2D eigenvalue weighted by Crippen LogP contribution is -2.18. The van der Waals surface area contributed by atoms with Gasteiger partial charge in [0.05, 0.1) is 11.0 Å². The van der Waals surface area contributed by atoms with Gasteiger partial charge in [0.25, 0.3) is 0 Å². The van der Waals surface area contributed by atoms with Gasteiger partial charge >= 0.3 is 0 Å². The molecule has 1 aromatic carbocycles. The molecule has 1 aromatic rings. The van der Waals surface area contributed by atoms with Crippen LogP contribution >= 0.6 is 0 Å². The molecule has 17 heavy (non-hydrogen) atoms. The van der Waals surface area contributed by atoms with Crippen molar-refractivity contribution < 1.29 is 13.5 Å². The monoisotopic (exact) mass is 257 g/mol. The number of hydrogen-bond acceptors (Lipinski definition) is 4. The highest BCUT2D eigenvalue weighted by atomic mass is 32.2. The van der Waals surface area contributed by atoms with Crippen molar-refractivity contribution in [2.45, 2.75) is 30.9 Å². The van der Waals surface area contributed by atoms with Crippen LogP contribution in [0.2, 0.25) is 0 Å². The SMILES string of the molecule is CC(O)CCNCc1ccc(S(C)(=O)=O)cc1. The molecule has 0 heterocycles. The van der Waals surface area contributed by atoms with E-state index in [1.807, 2.05) is 0 Å². The van der Waals surface area contributed by atoms with E-state index in [1.165, 1.54) is 6.26 Å². The van der Waals surface area contributed by atoms with Gasteiger partial charge in [-0.15, -0.1) is 0 Å². The maximum Gasteiger partial charge on any atom is 0.175 e. The van der Waals surface area contributed by atoms with Crippen molar-refractivity contribution in [3.8, 4) is 0 Å². The number of aliphatic hydroxyl groups excluding tert-OH is 1. The number of benzene rings is 1. The predicted molar refractivity (Wildman–Crippen MR) is 67.6 cm³/mol. The Morgan fingerprint density at radius 2 is 1.88 bits per heavy atom. The first kappa shape index (κ1) is 14.2. The smallest absolute Gasteiger partial charge is 0.175 e. The Kier molecular flexibility index (Phi) is 5.11. The third-order valence-electron chi connectivity index (χ3n) is 2.42. The van der Waals surface area contributed by atoms with Crippen molar-refractivity contribution in [2.75, 3.05) is 12.8 Å². The molecule has 0 saturated carbocycles. The summed E-state index contributed by atoms with van der Waals surface area (Å²) < 4.78 is 22.5. The number of aliphatic hydroxyl groups is 1. The Bertz CT molecular complexity index is 437. The Balaban J connectivity index is 2.46. The summed E-state index contributed by atoms with van der Waals surface area (Å²) in [5.41, 5.74) is 1.03. The number of hydrogen-bond donors (Lipinski definition) is 2. The molecule has 0 saturated heterocycles. The first-order chi connectivity index (χ1) is 7.89. The summed E-state index contributed by atoms with van der Waals surface area (Å²) in [7, 11) is -3.11. The summed E-state index contributed by atoms with van der Waals surface area (Å²) in [5, 5.41) is 12.3. The van der Waals surface area contributed by atoms with Crippen molar-refractivity contribution in [3.05, 3.63) is 29.8 Å². The number of nitrogens with one attached hydrogen (secondary N) is 1. The molecule has 0 aliphatic carbocycles. The number of rotatable bonds is 6. The zero-order chi connectivity index (χ0) is 12.9. The third kappa shape index (κ3) is 5.30. The highest BCUT2D eigenvalue weighted by molar-refractivity contribution is 7.90. The molecule has 1 unspecified atom stereocenters. The molecule has 2 N–H and O–H groups in total. The Labute approximate surface area is 103 Å². The van der Waals surface area contributed by atoms with Gasteiger partial charge in [-0.05, 0) is 37.6 Å². The summed E-state index contributed by atoms with van der Waals surface area (Å²) in [6.45, 7) is 3.17. The first-order valence-corrected chi connectivity index (χ1v) is 7.46. The van der Waals surface area contributed by atoms with Crippen molar-refractivity contribution in [2.24, 2.45) is 0 Å². The van der Waals surface area contributed by atoms with E-state index in [4.69, 9.17) is 5.11 Å². The molecule has 5 heteroatoms. The number of sulfone groups is 1. The fourth-order valence-electron chi connectivity index (χ4n) is 1.40. The van der Waals surface area contributed by atoms with E-state index in [9.17, 15) is 8.42 Å². The van der Waals surface area contributed by atoms with Crippen LogP contribution in [0.3, 0.4) is 0 Å². The van der Waals surface area contributed by atoms with Gasteiger partial charge in [0.15, 0.2) is 9.84 Å². The molecule has 1 rings (SSSR count). The van der Waals surface area contributed by atoms with E-state index in [0.29, 0.717) is 17.9 Å². The van der Waals surface area contributed by atoms with Crippen molar-refractivity contribution >= 4 is 9.84 Å². The summed E-state index contributed by atoms with van der Waals surface area (Å²) in [6.07, 6.45) is 1.61. The van der Waals surface area contributed by atoms with E-state index in [2.05, 4.69) is 5.32 Å². The standard InChI is InChI=1S/C12H19NO3S/c1-10(14)7-8-13-9-11-3-5-12(6-4-11)17(2,15)16/h3-6,10,13-14H,7-9H2,1-2H3. The molecule has 0 bridgehead atoms. The van der Waals surface area contributed by atoms with Crippen LogP contribution in [-0.2, 0) is 16.4 Å². The van der Waals surface area contributed by atoms with Crippen molar-refractivity contribution in [1.29, 1.82) is 0 Å². The van der Waals surface area contributed by atoms with Crippen LogP contribution in [0.15, 0.2) is 29.2 Å². The van der Waals surface area contributed by atoms with Gasteiger partial charge in [0.2, 0.25) is 0 Å². The van der Waals surface area contributed by atoms with Gasteiger partial charge < -0.3 is 10.4 Å². The Morgan fingerprint density at radius 1 is 1.29 bits per heavy atom. The van der Waals surface area contributed by atoms with E-state index < -0.39 is 9.84 Å². The fourth-order valence-corrected chi connectivity index (χ4v) is 2.03. The minimum absolute atomic E-state index is 0.296. The van der Waals surface area contributed by atoms with Crippen LogP contribution in [0.25, 0.3) is 0 Å². The Hall–Kier alpha value is -0.910. The van der Waals surface area contributed by atoms with Crippen LogP contribution in [-0.4, -0.2) is 32.4 Å². The first-order valence-electron chi connectivity index (χ1n) is 5.57. The van der Waals surface area contributed by atoms with Crippen molar-refractivity contribution in [1.82, 2.24) is 5.32 Å². The minimum atomic E-state index is -3.11. The second-order valence-electron chi connectivity index (χ2n) is 4.23. The summed E-state index contributed by atoms with van der Waals surface area (Å²) >= 11 is 0. The largest absolute Gasteiger partial charge is 0.393 e. The Morgan fingerprint density at radius 3 is 2.35 bits per heavy atom. The maximum absolute atomic E-state index is 11.2. The van der Waals surface area contributed by atoms with Gasteiger partial charge in [-0.3, -0.25) is 0 Å². The third-order valence-corrected chi connectivity index (χ3v) is 3.55. The molecule has 0 aliphatic rings. The van der Waals surface area contributed by atoms with Crippen LogP contribution in [0, 0.1) is 0 Å². The predicted octanol–water partition coefficient (Wildman–Crippen LogP) is 0.951. The van der Waals surface area contributed by atoms with Crippen LogP contribution in [0.4, 0.5) is 0 Å². The van der Waals surface area contributed by atoms with Crippen molar-refractivity contribution in [3.63, 3.8) is 0 Å². The maximum atomic E-state index is 11.2. The second-order valence-corrected chi connectivity index (χ2v) is 6.25. The molecule has 0 aromatic heterocycles. The summed E-state index contributed by atoms with van der Waals surface area (Å²) in [5.74, 6) is 0. The molecule has 96 valence electrons. The summed E-state index contributed by atoms with van der Waals surface area (Å²) in [4.78, 5) is 0.338. The van der Waals surface area contributed by atoms with Crippen LogP contribution in [0.1, 0.15) is 18.9 Å². The normalized spacial score (nSPS) is 13.6. The molecular weight excluding hydrogens is 238 g/mol. The second kappa shape index (κ2) is 6.14. The van der Waals surface area contributed by atoms with E-state index in [1.54, 1.807) is 31.2 Å². The lowest BCUT2D eigenvalue weighted by molar-refractivity contribution is 0.183. The highest BCUT2D eigenvalue weighted by Gasteiger charge is 2.05. The van der Waals surface area contributed by atoms with Crippen LogP contribution in [0.5, 0.6) is 0 Å². The van der Waals surface area contributed by atoms with Crippen LogP contribution < -0.4 is 5.32 Å². The molecule has 0 amide bonds. The van der Waals surface area contributed by atoms with Gasteiger partial charge in [0.1, 0.15) is 0 Å². The lowest BCUT2D eigenvalue weighted by atomic mass is 10.2. The molecule has 0 spiro atoms. The molecule has 0 radical (unpaired) electrons. The van der Waals surface area contributed by atoms with E-state index in [0.717, 1.165) is 12.1 Å². The molecule has 0 aliphatic heterocycles. The van der Waals surface area contributed by atoms with Gasteiger partial charge in [0, 0.05) is 12.8 Å². The molecular formula is C12H19NO3S. The van der Waals surface area contributed by atoms with E-state index >= 15 is 0 Å². The van der Waals surface area contributed by atoms with Gasteiger partial charge in [-0.1, -0.05) is 12.1 Å². The quantitative estimate of drug-likeness (QED) is 0.745. The van der Waals surface area contributed by atoms with E-state index in [-0.39, 0.29) is 6.10 Å². The lowest BCUT2D eigenvalue weighted by Gasteiger charge is -2.07. The topological polar surface area (TPSA) is 66.4 Å². The minimum Gasteiger partial charge on any atom is -0.393 e. The summed E-state index contributed by atoms with van der Waals surface area (Å²) in [6, 6.07) is 6.82. The molecule has 0 fully saturated rings. The average molecular weight is 257 g/mol. The fraction of sp³-hybridized carbons (Fsp3) is 0.500. The zero-order valence-electron chi connectivity index (χ0n) is 10.2. The zero-order valence-corrected chi connectivity index (χ0v) is 11.0. The van der Waals surface area contributed by atoms with Gasteiger partial charge in [-0.2, -0.15) is 0 Å². The average Bonchev–Trinajstić information content (AvgIpc) is 2.23. The highest BCUT2D eigenvalue weighted by Crippen LogP contribution is 2.10. The molecule has 4 nitrogen and oxygen atoms in total. The molecule has 1 atom stereocenters. The van der Waals surface area contributed by atoms with Gasteiger partial charge in [-0.25, -0.2) is 8.42 Å².